The lowest BCUT2D eigenvalue weighted by atomic mass is 9.94. The molecule has 1 N–H and O–H groups in total. The molecule has 0 atom stereocenters. The van der Waals surface area contributed by atoms with Gasteiger partial charge >= 0.3 is 6.18 Å². The number of rotatable bonds is 4. The van der Waals surface area contributed by atoms with Crippen molar-refractivity contribution in [1.82, 2.24) is 9.55 Å². The zero-order chi connectivity index (χ0) is 21.3. The molecule has 1 heterocycles. The van der Waals surface area contributed by atoms with Crippen LogP contribution >= 0.6 is 0 Å². The molecule has 3 aromatic rings. The van der Waals surface area contributed by atoms with Crippen molar-refractivity contribution in [2.75, 3.05) is 5.32 Å². The number of hydrogen-bond acceptors (Lipinski definition) is 2. The molecule has 0 aliphatic heterocycles. The maximum atomic E-state index is 13.2. The van der Waals surface area contributed by atoms with Gasteiger partial charge in [0.2, 0.25) is 5.91 Å². The van der Waals surface area contributed by atoms with E-state index in [0.717, 1.165) is 48.9 Å². The van der Waals surface area contributed by atoms with Crippen molar-refractivity contribution in [3.05, 3.63) is 48.0 Å². The van der Waals surface area contributed by atoms with E-state index in [0.29, 0.717) is 23.4 Å². The highest BCUT2D eigenvalue weighted by atomic mass is 19.4. The molecule has 0 bridgehead atoms. The standard InChI is InChI=1S/C23H24F3N3O/c1-2-21(30)27-17-11-8-15(9-12-17)22-28-19-14-16(23(24,25)26)10-13-20(19)29(22)18-6-4-3-5-7-18/h8-14,18H,2-7H2,1H3,(H,27,30). The summed E-state index contributed by atoms with van der Waals surface area (Å²) in [6, 6.07) is 11.3. The Hall–Kier alpha value is -2.83. The number of carbonyl (C=O) groups excluding carboxylic acids is 1. The summed E-state index contributed by atoms with van der Waals surface area (Å²) in [5.74, 6) is 0.599. The van der Waals surface area contributed by atoms with Crippen LogP contribution in [0.5, 0.6) is 0 Å². The van der Waals surface area contributed by atoms with Crippen molar-refractivity contribution in [2.24, 2.45) is 0 Å². The first-order valence-electron chi connectivity index (χ1n) is 10.4. The molecule has 4 rings (SSSR count). The van der Waals surface area contributed by atoms with Crippen molar-refractivity contribution in [3.63, 3.8) is 0 Å². The van der Waals surface area contributed by atoms with E-state index in [-0.39, 0.29) is 11.9 Å². The average molecular weight is 415 g/mol. The second kappa shape index (κ2) is 8.13. The summed E-state index contributed by atoms with van der Waals surface area (Å²) >= 11 is 0. The maximum Gasteiger partial charge on any atom is 0.416 e. The van der Waals surface area contributed by atoms with Crippen molar-refractivity contribution >= 4 is 22.6 Å². The average Bonchev–Trinajstić information content (AvgIpc) is 3.13. The van der Waals surface area contributed by atoms with Crippen LogP contribution in [0.2, 0.25) is 0 Å². The van der Waals surface area contributed by atoms with E-state index < -0.39 is 11.7 Å². The smallest absolute Gasteiger partial charge is 0.326 e. The van der Waals surface area contributed by atoms with Crippen molar-refractivity contribution in [2.45, 2.75) is 57.7 Å². The normalized spacial score (nSPS) is 15.5. The van der Waals surface area contributed by atoms with Crippen LogP contribution in [0.4, 0.5) is 18.9 Å². The third kappa shape index (κ3) is 4.06. The molecule has 0 unspecified atom stereocenters. The number of hydrogen-bond donors (Lipinski definition) is 1. The second-order valence-corrected chi connectivity index (χ2v) is 7.78. The summed E-state index contributed by atoms with van der Waals surface area (Å²) in [5, 5.41) is 2.81. The number of fused-ring (bicyclic) bond motifs is 1. The summed E-state index contributed by atoms with van der Waals surface area (Å²) < 4.78 is 41.7. The molecule has 1 aliphatic carbocycles. The first-order valence-corrected chi connectivity index (χ1v) is 10.4. The Morgan fingerprint density at radius 2 is 1.80 bits per heavy atom. The Kier molecular flexibility index (Phi) is 5.54. The molecule has 30 heavy (non-hydrogen) atoms. The van der Waals surface area contributed by atoms with Crippen LogP contribution in [-0.2, 0) is 11.0 Å². The predicted molar refractivity (Wildman–Crippen MR) is 111 cm³/mol. The van der Waals surface area contributed by atoms with Gasteiger partial charge in [-0.2, -0.15) is 13.2 Å². The zero-order valence-electron chi connectivity index (χ0n) is 16.8. The highest BCUT2D eigenvalue weighted by molar-refractivity contribution is 5.90. The largest absolute Gasteiger partial charge is 0.416 e. The molecule has 0 spiro atoms. The molecule has 1 aliphatic rings. The zero-order valence-corrected chi connectivity index (χ0v) is 16.8. The predicted octanol–water partition coefficient (Wildman–Crippen LogP) is 6.58. The Morgan fingerprint density at radius 3 is 2.43 bits per heavy atom. The van der Waals surface area contributed by atoms with Gasteiger partial charge in [-0.15, -0.1) is 0 Å². The van der Waals surface area contributed by atoms with E-state index in [1.54, 1.807) is 25.1 Å². The molecule has 2 aromatic carbocycles. The van der Waals surface area contributed by atoms with Crippen LogP contribution in [0.15, 0.2) is 42.5 Å². The minimum absolute atomic E-state index is 0.0723. The van der Waals surface area contributed by atoms with E-state index in [1.165, 1.54) is 6.42 Å². The molecule has 1 amide bonds. The highest BCUT2D eigenvalue weighted by Crippen LogP contribution is 2.38. The summed E-state index contributed by atoms with van der Waals surface area (Å²) in [6.07, 6.45) is 1.36. The molecule has 1 saturated carbocycles. The number of nitrogens with one attached hydrogen (secondary N) is 1. The lowest BCUT2D eigenvalue weighted by Gasteiger charge is -2.25. The minimum Gasteiger partial charge on any atom is -0.326 e. The molecule has 1 aromatic heterocycles. The monoisotopic (exact) mass is 415 g/mol. The van der Waals surface area contributed by atoms with Gasteiger partial charge in [-0.05, 0) is 55.3 Å². The van der Waals surface area contributed by atoms with Gasteiger partial charge in [0.05, 0.1) is 16.6 Å². The van der Waals surface area contributed by atoms with Gasteiger partial charge in [-0.1, -0.05) is 26.2 Å². The van der Waals surface area contributed by atoms with Crippen LogP contribution in [0.3, 0.4) is 0 Å². The summed E-state index contributed by atoms with van der Waals surface area (Å²) in [6.45, 7) is 1.78. The summed E-state index contributed by atoms with van der Waals surface area (Å²) in [5.41, 5.74) is 1.90. The number of benzene rings is 2. The van der Waals surface area contributed by atoms with Gasteiger partial charge in [0.1, 0.15) is 5.82 Å². The van der Waals surface area contributed by atoms with E-state index in [1.807, 2.05) is 12.1 Å². The van der Waals surface area contributed by atoms with Gasteiger partial charge < -0.3 is 9.88 Å². The molecular weight excluding hydrogens is 391 g/mol. The number of anilines is 1. The van der Waals surface area contributed by atoms with E-state index in [9.17, 15) is 18.0 Å². The lowest BCUT2D eigenvalue weighted by Crippen LogP contribution is -2.14. The molecule has 1 fully saturated rings. The van der Waals surface area contributed by atoms with Gasteiger partial charge in [0, 0.05) is 23.7 Å². The number of alkyl halides is 3. The van der Waals surface area contributed by atoms with Gasteiger partial charge in [0.25, 0.3) is 0 Å². The van der Waals surface area contributed by atoms with Gasteiger partial charge in [-0.3, -0.25) is 4.79 Å². The first-order chi connectivity index (χ1) is 14.4. The van der Waals surface area contributed by atoms with Crippen LogP contribution in [-0.4, -0.2) is 15.5 Å². The summed E-state index contributed by atoms with van der Waals surface area (Å²) in [7, 11) is 0. The molecule has 4 nitrogen and oxygen atoms in total. The lowest BCUT2D eigenvalue weighted by molar-refractivity contribution is -0.137. The van der Waals surface area contributed by atoms with Gasteiger partial charge in [0.15, 0.2) is 0 Å². The number of nitrogens with zero attached hydrogens (tertiary/aromatic N) is 2. The number of imidazole rings is 1. The third-order valence-electron chi connectivity index (χ3n) is 5.70. The number of carbonyl (C=O) groups is 1. The second-order valence-electron chi connectivity index (χ2n) is 7.78. The maximum absolute atomic E-state index is 13.2. The third-order valence-corrected chi connectivity index (χ3v) is 5.70. The topological polar surface area (TPSA) is 46.9 Å². The fraction of sp³-hybridized carbons (Fsp3) is 0.391. The van der Waals surface area contributed by atoms with Crippen LogP contribution < -0.4 is 5.32 Å². The van der Waals surface area contributed by atoms with Crippen LogP contribution in [0.25, 0.3) is 22.4 Å². The Labute approximate surface area is 173 Å². The van der Waals surface area contributed by atoms with E-state index >= 15 is 0 Å². The number of aromatic nitrogens is 2. The van der Waals surface area contributed by atoms with Crippen molar-refractivity contribution in [3.8, 4) is 11.4 Å². The molecule has 0 radical (unpaired) electrons. The fourth-order valence-electron chi connectivity index (χ4n) is 4.14. The minimum atomic E-state index is -4.40. The Morgan fingerprint density at radius 1 is 1.10 bits per heavy atom. The van der Waals surface area contributed by atoms with Crippen LogP contribution in [0.1, 0.15) is 57.1 Å². The quantitative estimate of drug-likeness (QED) is 0.523. The highest BCUT2D eigenvalue weighted by Gasteiger charge is 2.31. The molecule has 0 saturated heterocycles. The Bertz CT molecular complexity index is 1050. The molecule has 158 valence electrons. The first kappa shape index (κ1) is 20.4. The van der Waals surface area contributed by atoms with Crippen LogP contribution in [0, 0.1) is 0 Å². The van der Waals surface area contributed by atoms with Gasteiger partial charge in [-0.25, -0.2) is 4.98 Å². The fourth-order valence-corrected chi connectivity index (χ4v) is 4.14. The summed E-state index contributed by atoms with van der Waals surface area (Å²) in [4.78, 5) is 16.2. The number of halogens is 3. The van der Waals surface area contributed by atoms with Crippen molar-refractivity contribution < 1.29 is 18.0 Å². The molecular formula is C23H24F3N3O. The van der Waals surface area contributed by atoms with Crippen molar-refractivity contribution in [1.29, 1.82) is 0 Å². The van der Waals surface area contributed by atoms with E-state index in [2.05, 4.69) is 14.9 Å². The SMILES string of the molecule is CCC(=O)Nc1ccc(-c2nc3cc(C(F)(F)F)ccc3n2C2CCCCC2)cc1. The number of amides is 1. The van der Waals surface area contributed by atoms with E-state index in [4.69, 9.17) is 0 Å². The Balaban J connectivity index is 1.79. The molecule has 7 heteroatoms.